The number of Topliss-reactive ketones (excluding diaryl/α,β-unsaturated/α-hetero) is 1. The maximum atomic E-state index is 12.2. The summed E-state index contributed by atoms with van der Waals surface area (Å²) >= 11 is 0. The maximum absolute atomic E-state index is 12.2. The van der Waals surface area contributed by atoms with Crippen molar-refractivity contribution in [3.05, 3.63) is 53.5 Å². The fraction of sp³-hybridized carbons (Fsp3) is 0.267. The summed E-state index contributed by atoms with van der Waals surface area (Å²) in [5.41, 5.74) is 1.70. The largest absolute Gasteiger partial charge is 0.496 e. The van der Waals surface area contributed by atoms with Gasteiger partial charge in [-0.05, 0) is 31.2 Å². The Balaban J connectivity index is 2.10. The van der Waals surface area contributed by atoms with Crippen molar-refractivity contribution < 1.29 is 13.9 Å². The predicted molar refractivity (Wildman–Crippen MR) is 69.1 cm³/mol. The Labute approximate surface area is 106 Å². The van der Waals surface area contributed by atoms with Gasteiger partial charge in [0.2, 0.25) is 0 Å². The molecule has 1 aromatic carbocycles. The minimum Gasteiger partial charge on any atom is -0.496 e. The van der Waals surface area contributed by atoms with Gasteiger partial charge >= 0.3 is 0 Å². The van der Waals surface area contributed by atoms with Gasteiger partial charge in [-0.1, -0.05) is 11.6 Å². The molecule has 0 aliphatic carbocycles. The Bertz CT molecular complexity index is 527. The Morgan fingerprint density at radius 3 is 2.83 bits per heavy atom. The molecule has 0 atom stereocenters. The molecule has 0 unspecified atom stereocenters. The average molecular weight is 244 g/mol. The van der Waals surface area contributed by atoms with Crippen molar-refractivity contribution in [1.82, 2.24) is 0 Å². The van der Waals surface area contributed by atoms with Gasteiger partial charge in [0.25, 0.3) is 0 Å². The lowest BCUT2D eigenvalue weighted by molar-refractivity contribution is 0.0978. The molecule has 2 rings (SSSR count). The van der Waals surface area contributed by atoms with Gasteiger partial charge in [0.1, 0.15) is 11.5 Å². The van der Waals surface area contributed by atoms with Crippen molar-refractivity contribution in [1.29, 1.82) is 0 Å². The molecule has 2 aromatic rings. The van der Waals surface area contributed by atoms with E-state index in [9.17, 15) is 4.79 Å². The topological polar surface area (TPSA) is 39.4 Å². The van der Waals surface area contributed by atoms with E-state index >= 15 is 0 Å². The van der Waals surface area contributed by atoms with E-state index in [1.807, 2.05) is 37.3 Å². The zero-order chi connectivity index (χ0) is 13.0. The summed E-state index contributed by atoms with van der Waals surface area (Å²) in [5.74, 6) is 1.53. The minimum atomic E-state index is 0.0759. The molecule has 0 saturated heterocycles. The van der Waals surface area contributed by atoms with Crippen LogP contribution >= 0.6 is 0 Å². The van der Waals surface area contributed by atoms with Crippen molar-refractivity contribution in [2.75, 3.05) is 7.11 Å². The Morgan fingerprint density at radius 2 is 2.17 bits per heavy atom. The van der Waals surface area contributed by atoms with Crippen LogP contribution in [0, 0.1) is 6.92 Å². The number of benzene rings is 1. The lowest BCUT2D eigenvalue weighted by Gasteiger charge is -2.08. The van der Waals surface area contributed by atoms with Crippen LogP contribution in [0.3, 0.4) is 0 Å². The molecule has 94 valence electrons. The monoisotopic (exact) mass is 244 g/mol. The highest BCUT2D eigenvalue weighted by Gasteiger charge is 2.13. The smallest absolute Gasteiger partial charge is 0.167 e. The van der Waals surface area contributed by atoms with E-state index in [-0.39, 0.29) is 5.78 Å². The van der Waals surface area contributed by atoms with Gasteiger partial charge in [-0.15, -0.1) is 0 Å². The second-order valence-corrected chi connectivity index (χ2v) is 4.21. The number of carbonyl (C=O) groups is 1. The molecule has 0 N–H and O–H groups in total. The van der Waals surface area contributed by atoms with Crippen LogP contribution in [0.4, 0.5) is 0 Å². The van der Waals surface area contributed by atoms with Gasteiger partial charge in [-0.25, -0.2) is 0 Å². The first-order chi connectivity index (χ1) is 8.70. The van der Waals surface area contributed by atoms with E-state index in [0.29, 0.717) is 24.2 Å². The molecule has 0 spiro atoms. The van der Waals surface area contributed by atoms with Gasteiger partial charge in [0.15, 0.2) is 5.78 Å². The highest BCUT2D eigenvalue weighted by molar-refractivity contribution is 5.98. The summed E-state index contributed by atoms with van der Waals surface area (Å²) in [5, 5.41) is 0. The molecule has 0 aliphatic heterocycles. The van der Waals surface area contributed by atoms with E-state index in [0.717, 1.165) is 11.3 Å². The summed E-state index contributed by atoms with van der Waals surface area (Å²) in [7, 11) is 1.58. The molecule has 0 bridgehead atoms. The van der Waals surface area contributed by atoms with Crippen LogP contribution in [0.15, 0.2) is 41.0 Å². The van der Waals surface area contributed by atoms with Gasteiger partial charge in [-0.2, -0.15) is 0 Å². The van der Waals surface area contributed by atoms with E-state index < -0.39 is 0 Å². The molecule has 18 heavy (non-hydrogen) atoms. The molecular weight excluding hydrogens is 228 g/mol. The summed E-state index contributed by atoms with van der Waals surface area (Å²) in [6.45, 7) is 1.96. The van der Waals surface area contributed by atoms with Crippen molar-refractivity contribution in [2.24, 2.45) is 0 Å². The molecule has 3 nitrogen and oxygen atoms in total. The third-order valence-electron chi connectivity index (χ3n) is 2.83. The van der Waals surface area contributed by atoms with Crippen LogP contribution in [0.1, 0.15) is 28.1 Å². The summed E-state index contributed by atoms with van der Waals surface area (Å²) in [4.78, 5) is 12.2. The van der Waals surface area contributed by atoms with E-state index in [2.05, 4.69) is 0 Å². The maximum Gasteiger partial charge on any atom is 0.167 e. The highest BCUT2D eigenvalue weighted by atomic mass is 16.5. The number of hydrogen-bond donors (Lipinski definition) is 0. The van der Waals surface area contributed by atoms with Crippen LogP contribution in [0.25, 0.3) is 0 Å². The molecule has 0 aliphatic rings. The number of carbonyl (C=O) groups excluding carboxylic acids is 1. The normalized spacial score (nSPS) is 10.3. The highest BCUT2D eigenvalue weighted by Crippen LogP contribution is 2.21. The number of ether oxygens (including phenoxy) is 1. The van der Waals surface area contributed by atoms with Crippen molar-refractivity contribution in [3.63, 3.8) is 0 Å². The molecule has 1 heterocycles. The fourth-order valence-electron chi connectivity index (χ4n) is 1.87. The lowest BCUT2D eigenvalue weighted by Crippen LogP contribution is -2.04. The Morgan fingerprint density at radius 1 is 1.33 bits per heavy atom. The zero-order valence-corrected chi connectivity index (χ0v) is 10.6. The first-order valence-corrected chi connectivity index (χ1v) is 5.91. The van der Waals surface area contributed by atoms with Crippen LogP contribution in [-0.4, -0.2) is 12.9 Å². The first-order valence-electron chi connectivity index (χ1n) is 5.91. The SMILES string of the molecule is COc1ccc(C)cc1C(=O)CCc1ccco1. The van der Waals surface area contributed by atoms with Crippen LogP contribution < -0.4 is 4.74 Å². The number of hydrogen-bond acceptors (Lipinski definition) is 3. The molecule has 1 aromatic heterocycles. The number of methoxy groups -OCH3 is 1. The van der Waals surface area contributed by atoms with Gasteiger partial charge in [-0.3, -0.25) is 4.79 Å². The van der Waals surface area contributed by atoms with Crippen molar-refractivity contribution in [3.8, 4) is 5.75 Å². The summed E-state index contributed by atoms with van der Waals surface area (Å²) in [6.07, 6.45) is 2.66. The third kappa shape index (κ3) is 2.80. The molecule has 0 radical (unpaired) electrons. The Kier molecular flexibility index (Phi) is 3.82. The van der Waals surface area contributed by atoms with Crippen molar-refractivity contribution in [2.45, 2.75) is 19.8 Å². The van der Waals surface area contributed by atoms with E-state index in [1.54, 1.807) is 13.4 Å². The second kappa shape index (κ2) is 5.54. The quantitative estimate of drug-likeness (QED) is 0.756. The van der Waals surface area contributed by atoms with E-state index in [4.69, 9.17) is 9.15 Å². The average Bonchev–Trinajstić information content (AvgIpc) is 2.89. The van der Waals surface area contributed by atoms with Crippen LogP contribution in [0.2, 0.25) is 0 Å². The fourth-order valence-corrected chi connectivity index (χ4v) is 1.87. The standard InChI is InChI=1S/C15H16O3/c1-11-5-8-15(17-2)13(10-11)14(16)7-6-12-4-3-9-18-12/h3-5,8-10H,6-7H2,1-2H3. The number of aryl methyl sites for hydroxylation is 2. The summed E-state index contributed by atoms with van der Waals surface area (Å²) < 4.78 is 10.4. The molecule has 0 fully saturated rings. The lowest BCUT2D eigenvalue weighted by atomic mass is 10.0. The second-order valence-electron chi connectivity index (χ2n) is 4.21. The van der Waals surface area contributed by atoms with Gasteiger partial charge < -0.3 is 9.15 Å². The number of ketones is 1. The number of rotatable bonds is 5. The molecular formula is C15H16O3. The zero-order valence-electron chi connectivity index (χ0n) is 10.6. The number of furan rings is 1. The molecule has 0 amide bonds. The van der Waals surface area contributed by atoms with Crippen molar-refractivity contribution >= 4 is 5.78 Å². The van der Waals surface area contributed by atoms with E-state index in [1.165, 1.54) is 0 Å². The Hall–Kier alpha value is -2.03. The molecule has 0 saturated carbocycles. The van der Waals surface area contributed by atoms with Crippen LogP contribution in [0.5, 0.6) is 5.75 Å². The van der Waals surface area contributed by atoms with Gasteiger partial charge in [0.05, 0.1) is 18.9 Å². The van der Waals surface area contributed by atoms with Crippen LogP contribution in [-0.2, 0) is 6.42 Å². The first kappa shape index (κ1) is 12.4. The minimum absolute atomic E-state index is 0.0759. The molecule has 3 heteroatoms. The summed E-state index contributed by atoms with van der Waals surface area (Å²) in [6, 6.07) is 9.33. The third-order valence-corrected chi connectivity index (χ3v) is 2.83. The van der Waals surface area contributed by atoms with Gasteiger partial charge in [0, 0.05) is 12.8 Å². The predicted octanol–water partition coefficient (Wildman–Crippen LogP) is 3.41.